The molecule has 0 aromatic rings. The maximum atomic E-state index is 11.8. The molecule has 0 saturated heterocycles. The zero-order valence-corrected chi connectivity index (χ0v) is 9.64. The summed E-state index contributed by atoms with van der Waals surface area (Å²) in [5.74, 6) is 0.0590. The molecule has 0 unspecified atom stereocenters. The van der Waals surface area contributed by atoms with Gasteiger partial charge in [-0.15, -0.1) is 0 Å². The van der Waals surface area contributed by atoms with Gasteiger partial charge in [-0.1, -0.05) is 31.9 Å². The third kappa shape index (κ3) is 3.54. The van der Waals surface area contributed by atoms with Crippen LogP contribution in [-0.2, 0) is 4.79 Å². The highest BCUT2D eigenvalue weighted by Gasteiger charge is 2.14. The van der Waals surface area contributed by atoms with E-state index in [-0.39, 0.29) is 5.91 Å². The molecule has 84 valence electrons. The van der Waals surface area contributed by atoms with Crippen molar-refractivity contribution in [3.63, 3.8) is 0 Å². The molecule has 0 atom stereocenters. The molecule has 0 aromatic heterocycles. The lowest BCUT2D eigenvalue weighted by Crippen LogP contribution is -2.21. The third-order valence-corrected chi connectivity index (χ3v) is 3.02. The van der Waals surface area contributed by atoms with Crippen LogP contribution in [0.1, 0.15) is 51.9 Å². The standard InChI is InChI=1S/C13H21NO/c1-3-11-9-7-5-6-8-10-12(11)13(15)14-4-2/h4H,2-3,5-10H2,1H3,(H,14,15)/b12-11+. The van der Waals surface area contributed by atoms with Crippen LogP contribution in [-0.4, -0.2) is 5.91 Å². The van der Waals surface area contributed by atoms with E-state index in [4.69, 9.17) is 0 Å². The smallest absolute Gasteiger partial charge is 0.251 e. The molecule has 1 aliphatic rings. The number of hydrogen-bond donors (Lipinski definition) is 1. The van der Waals surface area contributed by atoms with E-state index in [1.54, 1.807) is 0 Å². The first-order chi connectivity index (χ1) is 7.29. The molecule has 0 bridgehead atoms. The summed E-state index contributed by atoms with van der Waals surface area (Å²) >= 11 is 0. The zero-order chi connectivity index (χ0) is 11.1. The van der Waals surface area contributed by atoms with E-state index in [1.165, 1.54) is 31.0 Å². The molecule has 0 heterocycles. The summed E-state index contributed by atoms with van der Waals surface area (Å²) in [5, 5.41) is 2.69. The average molecular weight is 207 g/mol. The van der Waals surface area contributed by atoms with Crippen molar-refractivity contribution in [1.29, 1.82) is 0 Å². The van der Waals surface area contributed by atoms with Crippen LogP contribution in [0.25, 0.3) is 0 Å². The van der Waals surface area contributed by atoms with E-state index in [0.29, 0.717) is 0 Å². The lowest BCUT2D eigenvalue weighted by molar-refractivity contribution is -0.116. The largest absolute Gasteiger partial charge is 0.329 e. The summed E-state index contributed by atoms with van der Waals surface area (Å²) in [5.41, 5.74) is 2.35. The van der Waals surface area contributed by atoms with Gasteiger partial charge in [0.15, 0.2) is 0 Å². The Bertz CT molecular complexity index is 266. The average Bonchev–Trinajstić information content (AvgIpc) is 2.18. The molecule has 0 aliphatic heterocycles. The van der Waals surface area contributed by atoms with Gasteiger partial charge in [0.1, 0.15) is 0 Å². The quantitative estimate of drug-likeness (QED) is 0.755. The molecule has 15 heavy (non-hydrogen) atoms. The van der Waals surface area contributed by atoms with Crippen LogP contribution < -0.4 is 5.32 Å². The Morgan fingerprint density at radius 2 is 2.00 bits per heavy atom. The first kappa shape index (κ1) is 12.0. The maximum absolute atomic E-state index is 11.8. The molecule has 0 aromatic carbocycles. The molecule has 2 heteroatoms. The Labute approximate surface area is 92.4 Å². The van der Waals surface area contributed by atoms with Gasteiger partial charge in [-0.05, 0) is 38.3 Å². The van der Waals surface area contributed by atoms with Gasteiger partial charge in [0, 0.05) is 5.57 Å². The second-order valence-corrected chi connectivity index (χ2v) is 4.03. The number of amides is 1. The van der Waals surface area contributed by atoms with Crippen molar-refractivity contribution < 1.29 is 4.79 Å². The van der Waals surface area contributed by atoms with Crippen LogP contribution >= 0.6 is 0 Å². The van der Waals surface area contributed by atoms with Gasteiger partial charge in [-0.25, -0.2) is 0 Å². The Morgan fingerprint density at radius 1 is 1.33 bits per heavy atom. The van der Waals surface area contributed by atoms with Gasteiger partial charge >= 0.3 is 0 Å². The lowest BCUT2D eigenvalue weighted by Gasteiger charge is -2.16. The van der Waals surface area contributed by atoms with E-state index in [1.807, 2.05) is 0 Å². The lowest BCUT2D eigenvalue weighted by atomic mass is 9.91. The molecule has 1 N–H and O–H groups in total. The molecule has 2 nitrogen and oxygen atoms in total. The summed E-state index contributed by atoms with van der Waals surface area (Å²) < 4.78 is 0. The van der Waals surface area contributed by atoms with Crippen molar-refractivity contribution in [3.8, 4) is 0 Å². The van der Waals surface area contributed by atoms with E-state index in [9.17, 15) is 4.79 Å². The summed E-state index contributed by atoms with van der Waals surface area (Å²) in [4.78, 5) is 11.8. The van der Waals surface area contributed by atoms with Crippen LogP contribution in [0.3, 0.4) is 0 Å². The number of rotatable bonds is 3. The monoisotopic (exact) mass is 207 g/mol. The van der Waals surface area contributed by atoms with Crippen molar-refractivity contribution in [2.24, 2.45) is 0 Å². The highest BCUT2D eigenvalue weighted by Crippen LogP contribution is 2.25. The first-order valence-corrected chi connectivity index (χ1v) is 5.92. The van der Waals surface area contributed by atoms with Gasteiger partial charge < -0.3 is 5.32 Å². The summed E-state index contributed by atoms with van der Waals surface area (Å²) in [6.45, 7) is 5.67. The second kappa shape index (κ2) is 6.44. The number of nitrogens with one attached hydrogen (secondary N) is 1. The molecular formula is C13H21NO. The van der Waals surface area contributed by atoms with Gasteiger partial charge in [0.05, 0.1) is 0 Å². The van der Waals surface area contributed by atoms with E-state index in [2.05, 4.69) is 18.8 Å². The van der Waals surface area contributed by atoms with Crippen LogP contribution in [0.5, 0.6) is 0 Å². The molecule has 0 fully saturated rings. The Balaban J connectivity index is 2.82. The molecule has 0 radical (unpaired) electrons. The summed E-state index contributed by atoms with van der Waals surface area (Å²) in [6, 6.07) is 0. The van der Waals surface area contributed by atoms with Crippen LogP contribution in [0.2, 0.25) is 0 Å². The minimum atomic E-state index is 0.0590. The molecule has 1 aliphatic carbocycles. The van der Waals surface area contributed by atoms with Crippen LogP contribution in [0, 0.1) is 0 Å². The molecule has 0 saturated carbocycles. The SMILES string of the molecule is C=CNC(=O)/C1=C(\CC)CCCCCC1. The summed E-state index contributed by atoms with van der Waals surface area (Å²) in [6.07, 6.45) is 9.43. The predicted octanol–water partition coefficient (Wildman–Crippen LogP) is 3.31. The van der Waals surface area contributed by atoms with Crippen molar-refractivity contribution in [2.75, 3.05) is 0 Å². The fourth-order valence-electron chi connectivity index (χ4n) is 2.17. The summed E-state index contributed by atoms with van der Waals surface area (Å²) in [7, 11) is 0. The number of carbonyl (C=O) groups excluding carboxylic acids is 1. The fraction of sp³-hybridized carbons (Fsp3) is 0.615. The van der Waals surface area contributed by atoms with E-state index in [0.717, 1.165) is 31.3 Å². The minimum Gasteiger partial charge on any atom is -0.329 e. The predicted molar refractivity (Wildman–Crippen MR) is 63.4 cm³/mol. The number of carbonyl (C=O) groups is 1. The zero-order valence-electron chi connectivity index (χ0n) is 9.64. The topological polar surface area (TPSA) is 29.1 Å². The highest BCUT2D eigenvalue weighted by molar-refractivity contribution is 5.94. The fourth-order valence-corrected chi connectivity index (χ4v) is 2.17. The van der Waals surface area contributed by atoms with Crippen molar-refractivity contribution in [1.82, 2.24) is 5.32 Å². The van der Waals surface area contributed by atoms with Crippen molar-refractivity contribution >= 4 is 5.91 Å². The number of allylic oxidation sites excluding steroid dienone is 1. The normalized spacial score (nSPS) is 22.7. The molecule has 1 amide bonds. The maximum Gasteiger partial charge on any atom is 0.251 e. The van der Waals surface area contributed by atoms with E-state index >= 15 is 0 Å². The Kier molecular flexibility index (Phi) is 5.16. The van der Waals surface area contributed by atoms with Gasteiger partial charge in [0.2, 0.25) is 0 Å². The molecule has 1 rings (SSSR count). The number of hydrogen-bond acceptors (Lipinski definition) is 1. The Morgan fingerprint density at radius 3 is 2.60 bits per heavy atom. The highest BCUT2D eigenvalue weighted by atomic mass is 16.1. The first-order valence-electron chi connectivity index (χ1n) is 5.92. The van der Waals surface area contributed by atoms with Crippen molar-refractivity contribution in [3.05, 3.63) is 23.9 Å². The van der Waals surface area contributed by atoms with Gasteiger partial charge in [0.25, 0.3) is 5.91 Å². The third-order valence-electron chi connectivity index (χ3n) is 3.02. The molecular weight excluding hydrogens is 186 g/mol. The van der Waals surface area contributed by atoms with Gasteiger partial charge in [-0.3, -0.25) is 4.79 Å². The van der Waals surface area contributed by atoms with Crippen LogP contribution in [0.15, 0.2) is 23.9 Å². The van der Waals surface area contributed by atoms with Crippen molar-refractivity contribution in [2.45, 2.75) is 51.9 Å². The Hall–Kier alpha value is -1.05. The minimum absolute atomic E-state index is 0.0590. The van der Waals surface area contributed by atoms with E-state index < -0.39 is 0 Å². The second-order valence-electron chi connectivity index (χ2n) is 4.03. The van der Waals surface area contributed by atoms with Crippen LogP contribution in [0.4, 0.5) is 0 Å². The van der Waals surface area contributed by atoms with Gasteiger partial charge in [-0.2, -0.15) is 0 Å². The molecule has 0 spiro atoms.